The van der Waals surface area contributed by atoms with Gasteiger partial charge in [0.05, 0.1) is 25.0 Å². The standard InChI is InChI=1S/C21H19NO8/c1-10-5-15(23)19(25)20(30-10)12(8-18(24)27-2)13-6-11-7-16-17(29-4-3-28-16)9-14(11)22-21(13)26/h5-7,9,12,25H,3-4,8H2,1-2H3,(H,22,26)/t12-/m0/s1. The van der Waals surface area contributed by atoms with Crippen molar-refractivity contribution >= 4 is 16.9 Å². The maximum Gasteiger partial charge on any atom is 0.306 e. The molecule has 3 heterocycles. The number of ether oxygens (including phenoxy) is 3. The zero-order chi connectivity index (χ0) is 21.4. The Hall–Kier alpha value is -3.75. The van der Waals surface area contributed by atoms with E-state index in [1.165, 1.54) is 14.0 Å². The Labute approximate surface area is 169 Å². The zero-order valence-corrected chi connectivity index (χ0v) is 16.3. The number of benzene rings is 1. The third-order valence-corrected chi connectivity index (χ3v) is 4.90. The molecule has 0 amide bonds. The number of H-pyrrole nitrogens is 1. The first-order valence-electron chi connectivity index (χ1n) is 9.24. The molecule has 0 saturated heterocycles. The number of rotatable bonds is 4. The van der Waals surface area contributed by atoms with E-state index in [1.807, 2.05) is 0 Å². The molecule has 0 radical (unpaired) electrons. The normalized spacial score (nSPS) is 13.8. The van der Waals surface area contributed by atoms with Gasteiger partial charge >= 0.3 is 5.97 Å². The summed E-state index contributed by atoms with van der Waals surface area (Å²) < 4.78 is 21.4. The minimum Gasteiger partial charge on any atom is -0.502 e. The molecule has 156 valence electrons. The van der Waals surface area contributed by atoms with E-state index in [0.717, 1.165) is 6.07 Å². The Morgan fingerprint density at radius 3 is 2.57 bits per heavy atom. The van der Waals surface area contributed by atoms with Crippen LogP contribution in [-0.4, -0.2) is 36.4 Å². The van der Waals surface area contributed by atoms with Gasteiger partial charge in [-0.3, -0.25) is 14.4 Å². The quantitative estimate of drug-likeness (QED) is 0.621. The van der Waals surface area contributed by atoms with Crippen LogP contribution in [0.3, 0.4) is 0 Å². The molecule has 1 aromatic carbocycles. The van der Waals surface area contributed by atoms with Crippen molar-refractivity contribution in [1.29, 1.82) is 0 Å². The van der Waals surface area contributed by atoms with Gasteiger partial charge < -0.3 is 28.7 Å². The van der Waals surface area contributed by atoms with E-state index in [4.69, 9.17) is 18.6 Å². The highest BCUT2D eigenvalue weighted by atomic mass is 16.6. The molecule has 0 fully saturated rings. The highest BCUT2D eigenvalue weighted by Gasteiger charge is 2.29. The number of pyridine rings is 1. The number of esters is 1. The van der Waals surface area contributed by atoms with E-state index in [-0.39, 0.29) is 23.5 Å². The third-order valence-electron chi connectivity index (χ3n) is 4.90. The Morgan fingerprint density at radius 1 is 1.17 bits per heavy atom. The fourth-order valence-electron chi connectivity index (χ4n) is 3.47. The van der Waals surface area contributed by atoms with Gasteiger partial charge in [0.15, 0.2) is 17.3 Å². The van der Waals surface area contributed by atoms with E-state index in [9.17, 15) is 19.5 Å². The van der Waals surface area contributed by atoms with E-state index in [2.05, 4.69) is 4.98 Å². The van der Waals surface area contributed by atoms with Crippen LogP contribution in [0.15, 0.2) is 38.3 Å². The van der Waals surface area contributed by atoms with Crippen LogP contribution in [0.2, 0.25) is 0 Å². The molecule has 4 rings (SSSR count). The lowest BCUT2D eigenvalue weighted by atomic mass is 9.92. The van der Waals surface area contributed by atoms with Gasteiger partial charge in [0, 0.05) is 23.1 Å². The minimum absolute atomic E-state index is 0.133. The summed E-state index contributed by atoms with van der Waals surface area (Å²) in [5.74, 6) is -1.22. The van der Waals surface area contributed by atoms with Gasteiger partial charge in [0.25, 0.3) is 5.56 Å². The summed E-state index contributed by atoms with van der Waals surface area (Å²) in [5, 5.41) is 10.9. The molecule has 2 aromatic heterocycles. The Balaban J connectivity index is 1.92. The van der Waals surface area contributed by atoms with Crippen molar-refractivity contribution in [2.24, 2.45) is 0 Å². The number of nitrogens with one attached hydrogen (secondary N) is 1. The van der Waals surface area contributed by atoms with Gasteiger partial charge in [-0.2, -0.15) is 0 Å². The van der Waals surface area contributed by atoms with Crippen molar-refractivity contribution in [1.82, 2.24) is 4.98 Å². The lowest BCUT2D eigenvalue weighted by molar-refractivity contribution is -0.140. The average molecular weight is 413 g/mol. The molecule has 9 nitrogen and oxygen atoms in total. The molecular formula is C21H19NO8. The highest BCUT2D eigenvalue weighted by molar-refractivity contribution is 5.83. The van der Waals surface area contributed by atoms with Crippen LogP contribution in [0.1, 0.15) is 29.4 Å². The molecule has 1 aliphatic rings. The summed E-state index contributed by atoms with van der Waals surface area (Å²) in [6.07, 6.45) is -0.310. The fraction of sp³-hybridized carbons (Fsp3) is 0.286. The van der Waals surface area contributed by atoms with Crippen LogP contribution in [0.25, 0.3) is 10.9 Å². The maximum atomic E-state index is 12.9. The molecule has 3 aromatic rings. The molecule has 9 heteroatoms. The molecule has 0 unspecified atom stereocenters. The summed E-state index contributed by atoms with van der Waals surface area (Å²) in [5.41, 5.74) is -0.523. The van der Waals surface area contributed by atoms with Crippen molar-refractivity contribution in [2.75, 3.05) is 20.3 Å². The number of carbonyl (C=O) groups is 1. The summed E-state index contributed by atoms with van der Waals surface area (Å²) in [6, 6.07) is 6.07. The summed E-state index contributed by atoms with van der Waals surface area (Å²) in [4.78, 5) is 39.8. The first-order chi connectivity index (χ1) is 14.4. The van der Waals surface area contributed by atoms with E-state index in [1.54, 1.807) is 18.2 Å². The van der Waals surface area contributed by atoms with Crippen LogP contribution in [0, 0.1) is 6.92 Å². The number of methoxy groups -OCH3 is 1. The molecule has 2 N–H and O–H groups in total. The van der Waals surface area contributed by atoms with Crippen LogP contribution < -0.4 is 20.5 Å². The molecule has 30 heavy (non-hydrogen) atoms. The van der Waals surface area contributed by atoms with Crippen molar-refractivity contribution < 1.29 is 28.5 Å². The number of carbonyl (C=O) groups excluding carboxylic acids is 1. The van der Waals surface area contributed by atoms with Crippen LogP contribution in [0.4, 0.5) is 0 Å². The predicted octanol–water partition coefficient (Wildman–Crippen LogP) is 1.96. The van der Waals surface area contributed by atoms with Gasteiger partial charge in [0.2, 0.25) is 11.2 Å². The third kappa shape index (κ3) is 3.49. The van der Waals surface area contributed by atoms with Crippen molar-refractivity contribution in [2.45, 2.75) is 19.3 Å². The topological polar surface area (TPSA) is 128 Å². The van der Waals surface area contributed by atoms with Gasteiger partial charge in [-0.1, -0.05) is 0 Å². The number of aromatic nitrogens is 1. The van der Waals surface area contributed by atoms with Gasteiger partial charge in [0.1, 0.15) is 19.0 Å². The molecule has 0 saturated carbocycles. The largest absolute Gasteiger partial charge is 0.502 e. The number of hydrogen-bond donors (Lipinski definition) is 2. The zero-order valence-electron chi connectivity index (χ0n) is 16.3. The van der Waals surface area contributed by atoms with E-state index in [0.29, 0.717) is 35.6 Å². The van der Waals surface area contributed by atoms with Crippen LogP contribution in [0.5, 0.6) is 17.2 Å². The monoisotopic (exact) mass is 413 g/mol. The molecule has 0 bridgehead atoms. The maximum absolute atomic E-state index is 12.9. The minimum atomic E-state index is -1.04. The SMILES string of the molecule is COC(=O)C[C@H](c1oc(C)cc(=O)c1O)c1cc2cc3c(cc2[nH]c1=O)OCCO3. The van der Waals surface area contributed by atoms with Gasteiger partial charge in [-0.05, 0) is 19.1 Å². The first kappa shape index (κ1) is 19.6. The van der Waals surface area contributed by atoms with Gasteiger partial charge in [-0.15, -0.1) is 0 Å². The summed E-state index contributed by atoms with van der Waals surface area (Å²) in [6.45, 7) is 2.35. The van der Waals surface area contributed by atoms with Crippen molar-refractivity contribution in [3.05, 3.63) is 61.9 Å². The summed E-state index contributed by atoms with van der Waals surface area (Å²) in [7, 11) is 1.21. The highest BCUT2D eigenvalue weighted by Crippen LogP contribution is 2.36. The number of aromatic amines is 1. The number of fused-ring (bicyclic) bond motifs is 2. The Kier molecular flexibility index (Phi) is 4.94. The Bertz CT molecular complexity index is 1260. The van der Waals surface area contributed by atoms with Gasteiger partial charge in [-0.25, -0.2) is 0 Å². The molecule has 0 spiro atoms. The number of aromatic hydroxyl groups is 1. The number of hydrogen-bond acceptors (Lipinski definition) is 8. The second kappa shape index (κ2) is 7.58. The van der Waals surface area contributed by atoms with Crippen LogP contribution in [-0.2, 0) is 9.53 Å². The van der Waals surface area contributed by atoms with Crippen LogP contribution >= 0.6 is 0 Å². The number of aryl methyl sites for hydroxylation is 1. The van der Waals surface area contributed by atoms with Crippen molar-refractivity contribution in [3.63, 3.8) is 0 Å². The molecular weight excluding hydrogens is 394 g/mol. The molecule has 1 aliphatic heterocycles. The summed E-state index contributed by atoms with van der Waals surface area (Å²) >= 11 is 0. The van der Waals surface area contributed by atoms with Crippen molar-refractivity contribution in [3.8, 4) is 17.2 Å². The van der Waals surface area contributed by atoms with E-state index >= 15 is 0 Å². The first-order valence-corrected chi connectivity index (χ1v) is 9.24. The smallest absolute Gasteiger partial charge is 0.306 e. The lowest BCUT2D eigenvalue weighted by Gasteiger charge is -2.20. The second-order valence-electron chi connectivity index (χ2n) is 6.90. The lowest BCUT2D eigenvalue weighted by Crippen LogP contribution is -2.21. The van der Waals surface area contributed by atoms with E-state index < -0.39 is 28.6 Å². The second-order valence-corrected chi connectivity index (χ2v) is 6.90. The molecule has 1 atom stereocenters. The Morgan fingerprint density at radius 2 is 1.87 bits per heavy atom. The average Bonchev–Trinajstić information content (AvgIpc) is 2.73. The predicted molar refractivity (Wildman–Crippen MR) is 105 cm³/mol. The fourth-order valence-corrected chi connectivity index (χ4v) is 3.47. The molecule has 0 aliphatic carbocycles.